The van der Waals surface area contributed by atoms with E-state index in [4.69, 9.17) is 20.9 Å². The van der Waals surface area contributed by atoms with Crippen LogP contribution in [0.1, 0.15) is 46.0 Å². The van der Waals surface area contributed by atoms with Crippen molar-refractivity contribution >= 4 is 28.7 Å². The number of aliphatic imine (C=N–C) groups is 1. The summed E-state index contributed by atoms with van der Waals surface area (Å²) in [6.07, 6.45) is 6.49. The van der Waals surface area contributed by atoms with Crippen LogP contribution in [0.3, 0.4) is 0 Å². The number of nitrogens with zero attached hydrogens (tertiary/aromatic N) is 2. The number of nitrogens with one attached hydrogen (secondary N) is 2. The summed E-state index contributed by atoms with van der Waals surface area (Å²) < 4.78 is 29.7. The summed E-state index contributed by atoms with van der Waals surface area (Å²) in [7, 11) is -3.29. The molecule has 0 radical (unpaired) electrons. The van der Waals surface area contributed by atoms with Gasteiger partial charge in [0.05, 0.1) is 13.7 Å². The number of carbonyl (C=O) groups excluding carboxylic acids is 2. The fourth-order valence-electron chi connectivity index (χ4n) is 3.58. The monoisotopic (exact) mass is 496 g/mol. The molecule has 0 spiro atoms. The Labute approximate surface area is 196 Å². The number of rotatable bonds is 9. The molecule has 194 valence electrons. The van der Waals surface area contributed by atoms with E-state index in [0.717, 1.165) is 39.1 Å². The number of nitrogens with two attached hydrogens (primary N) is 2. The predicted molar refractivity (Wildman–Crippen MR) is 124 cm³/mol. The summed E-state index contributed by atoms with van der Waals surface area (Å²) >= 11 is 0. The zero-order chi connectivity index (χ0) is 25.3. The molecule has 3 atom stereocenters. The van der Waals surface area contributed by atoms with Crippen LogP contribution in [-0.4, -0.2) is 82.1 Å². The lowest BCUT2D eigenvalue weighted by molar-refractivity contribution is -0.130. The Balaban J connectivity index is 0.000000509. The Bertz CT molecular complexity index is 686. The molecule has 2 heterocycles. The Hall–Kier alpha value is -2.00. The van der Waals surface area contributed by atoms with Gasteiger partial charge >= 0.3 is 10.4 Å². The van der Waals surface area contributed by atoms with Gasteiger partial charge in [-0.25, -0.2) is 5.48 Å². The van der Waals surface area contributed by atoms with E-state index in [9.17, 15) is 18.0 Å². The molecule has 7 N–H and O–H groups in total. The van der Waals surface area contributed by atoms with Crippen molar-refractivity contribution in [2.24, 2.45) is 28.3 Å². The minimum Gasteiger partial charge on any atom is -0.370 e. The van der Waals surface area contributed by atoms with E-state index in [1.165, 1.54) is 25.7 Å². The topological polar surface area (TPSA) is 199 Å². The molecule has 13 nitrogen and oxygen atoms in total. The van der Waals surface area contributed by atoms with E-state index in [1.54, 1.807) is 6.92 Å². The Morgan fingerprint density at radius 2 is 2.03 bits per heavy atom. The number of hydroxylamine groups is 1. The van der Waals surface area contributed by atoms with Gasteiger partial charge in [-0.1, -0.05) is 13.3 Å². The molecule has 3 unspecified atom stereocenters. The summed E-state index contributed by atoms with van der Waals surface area (Å²) in [5.74, 6) is 1.57. The van der Waals surface area contributed by atoms with Crippen molar-refractivity contribution in [2.45, 2.75) is 52.0 Å². The first-order chi connectivity index (χ1) is 15.5. The molecule has 33 heavy (non-hydrogen) atoms. The summed E-state index contributed by atoms with van der Waals surface area (Å²) in [6, 6.07) is 0.247. The zero-order valence-electron chi connectivity index (χ0n) is 19.7. The number of hydrogen-bond acceptors (Lipinski definition) is 8. The van der Waals surface area contributed by atoms with Crippen LogP contribution in [-0.2, 0) is 29.0 Å². The van der Waals surface area contributed by atoms with E-state index >= 15 is 0 Å². The molecule has 2 fully saturated rings. The van der Waals surface area contributed by atoms with Gasteiger partial charge in [0.1, 0.15) is 0 Å². The molecule has 2 aliphatic heterocycles. The number of piperidine rings is 1. The zero-order valence-corrected chi connectivity index (χ0v) is 20.6. The molecule has 14 heteroatoms. The lowest BCUT2D eigenvalue weighted by atomic mass is 9.94. The lowest BCUT2D eigenvalue weighted by Gasteiger charge is -2.31. The van der Waals surface area contributed by atoms with Crippen LogP contribution in [0.25, 0.3) is 0 Å². The Morgan fingerprint density at radius 1 is 1.36 bits per heavy atom. The fraction of sp³-hybridized carbons (Fsp3) is 0.842. The van der Waals surface area contributed by atoms with Crippen molar-refractivity contribution in [2.75, 3.05) is 39.9 Å². The molecule has 2 rings (SSSR count). The Morgan fingerprint density at radius 3 is 2.55 bits per heavy atom. The molecular formula is C19H40N6O7S. The average molecular weight is 497 g/mol. The Kier molecular flexibility index (Phi) is 16.4. The van der Waals surface area contributed by atoms with Crippen LogP contribution >= 0.6 is 0 Å². The largest absolute Gasteiger partial charge is 0.397 e. The van der Waals surface area contributed by atoms with Crippen molar-refractivity contribution in [3.8, 4) is 0 Å². The van der Waals surface area contributed by atoms with E-state index in [-0.39, 0.29) is 17.9 Å². The van der Waals surface area contributed by atoms with Gasteiger partial charge in [0.25, 0.3) is 0 Å². The van der Waals surface area contributed by atoms with Gasteiger partial charge in [0.15, 0.2) is 5.96 Å². The van der Waals surface area contributed by atoms with Gasteiger partial charge in [-0.05, 0) is 37.5 Å². The molecule has 2 aliphatic rings. The smallest absolute Gasteiger partial charge is 0.370 e. The fourth-order valence-corrected chi connectivity index (χ4v) is 3.58. The first kappa shape index (κ1) is 31.0. The molecule has 0 aromatic heterocycles. The number of likely N-dealkylation sites (tertiary alicyclic amines) is 1. The number of amides is 2. The molecule has 0 aliphatic carbocycles. The lowest BCUT2D eigenvalue weighted by Crippen LogP contribution is -2.38. The van der Waals surface area contributed by atoms with Crippen LogP contribution in [0, 0.1) is 11.8 Å². The van der Waals surface area contributed by atoms with Crippen molar-refractivity contribution in [3.05, 3.63) is 0 Å². The number of hydrogen-bond donors (Lipinski definition) is 5. The summed E-state index contributed by atoms with van der Waals surface area (Å²) in [5.41, 5.74) is 12.6. The molecule has 0 saturated carbocycles. The van der Waals surface area contributed by atoms with Crippen LogP contribution < -0.4 is 22.3 Å². The minimum atomic E-state index is -4.16. The van der Waals surface area contributed by atoms with E-state index in [2.05, 4.69) is 26.9 Å². The van der Waals surface area contributed by atoms with Crippen molar-refractivity contribution in [1.29, 1.82) is 0 Å². The van der Waals surface area contributed by atoms with E-state index in [0.29, 0.717) is 25.5 Å². The van der Waals surface area contributed by atoms with Crippen LogP contribution in [0.2, 0.25) is 0 Å². The van der Waals surface area contributed by atoms with Crippen LogP contribution in [0.5, 0.6) is 0 Å². The first-order valence-electron chi connectivity index (χ1n) is 10.9. The highest BCUT2D eigenvalue weighted by atomic mass is 32.3. The quantitative estimate of drug-likeness (QED) is 0.0685. The third-order valence-corrected chi connectivity index (χ3v) is 5.55. The summed E-state index contributed by atoms with van der Waals surface area (Å²) in [4.78, 5) is 31.8. The SMILES string of the molecule is CCCC1CCCN(C(C)=O)C1.COS(=O)(=O)O.NC(N)=NCC1CNC(CONC=O)C1. The van der Waals surface area contributed by atoms with Crippen LogP contribution in [0.4, 0.5) is 0 Å². The third kappa shape index (κ3) is 17.2. The third-order valence-electron chi connectivity index (χ3n) is 5.13. The first-order valence-corrected chi connectivity index (χ1v) is 12.3. The maximum Gasteiger partial charge on any atom is 0.397 e. The van der Waals surface area contributed by atoms with Gasteiger partial charge < -0.3 is 21.7 Å². The van der Waals surface area contributed by atoms with Crippen molar-refractivity contribution in [1.82, 2.24) is 15.7 Å². The highest BCUT2D eigenvalue weighted by molar-refractivity contribution is 7.80. The van der Waals surface area contributed by atoms with E-state index < -0.39 is 10.4 Å². The standard InChI is InChI=1S/C10H19NO.C8H17N5O2.CH4O4S/c1-3-5-10-6-4-7-11(8-10)9(2)12;9-8(10)12-3-6-1-7(11-2-6)4-15-13-5-14;1-5-6(2,3)4/h10H,3-8H2,1-2H3;5-7,11H,1-4H2,(H,13,14)(H4,9,10,12);1H3,(H,2,3,4). The van der Waals surface area contributed by atoms with Gasteiger partial charge in [0.2, 0.25) is 12.3 Å². The van der Waals surface area contributed by atoms with Crippen LogP contribution in [0.15, 0.2) is 4.99 Å². The highest BCUT2D eigenvalue weighted by Crippen LogP contribution is 2.20. The number of carbonyl (C=O) groups is 2. The molecule has 0 bridgehead atoms. The summed E-state index contributed by atoms with van der Waals surface area (Å²) in [5, 5.41) is 3.26. The molecule has 2 amide bonds. The normalized spacial score (nSPS) is 22.2. The van der Waals surface area contributed by atoms with Crippen molar-refractivity contribution < 1.29 is 31.6 Å². The minimum absolute atomic E-state index is 0.123. The highest BCUT2D eigenvalue weighted by Gasteiger charge is 2.24. The number of guanidine groups is 1. The van der Waals surface area contributed by atoms with Gasteiger partial charge in [-0.3, -0.25) is 28.2 Å². The molecule has 2 saturated heterocycles. The maximum absolute atomic E-state index is 11.1. The second kappa shape index (κ2) is 17.5. The average Bonchev–Trinajstić information content (AvgIpc) is 3.21. The van der Waals surface area contributed by atoms with Crippen molar-refractivity contribution in [3.63, 3.8) is 0 Å². The maximum atomic E-state index is 11.1. The second-order valence-electron chi connectivity index (χ2n) is 7.88. The predicted octanol–water partition coefficient (Wildman–Crippen LogP) is -0.604. The molecule has 0 aromatic rings. The molecular weight excluding hydrogens is 456 g/mol. The molecule has 0 aromatic carbocycles. The van der Waals surface area contributed by atoms with Gasteiger partial charge in [0, 0.05) is 39.1 Å². The second-order valence-corrected chi connectivity index (χ2v) is 9.06. The summed E-state index contributed by atoms with van der Waals surface area (Å²) in [6.45, 7) is 7.83. The van der Waals surface area contributed by atoms with Gasteiger partial charge in [-0.2, -0.15) is 8.42 Å². The van der Waals surface area contributed by atoms with E-state index in [1.807, 2.05) is 4.90 Å². The van der Waals surface area contributed by atoms with Gasteiger partial charge in [-0.15, -0.1) is 0 Å².